The molecule has 2 amide bonds. The van der Waals surface area contributed by atoms with Crippen molar-refractivity contribution in [1.82, 2.24) is 20.3 Å². The van der Waals surface area contributed by atoms with E-state index in [0.29, 0.717) is 38.8 Å². The Morgan fingerprint density at radius 1 is 0.755 bits per heavy atom. The Kier molecular flexibility index (Phi) is 12.8. The summed E-state index contributed by atoms with van der Waals surface area (Å²) in [6.45, 7) is 25.7. The normalized spacial score (nSPS) is 13.2. The molecule has 4 rings (SSSR count). The van der Waals surface area contributed by atoms with Crippen molar-refractivity contribution in [3.63, 3.8) is 0 Å². The monoisotopic (exact) mass is 671 g/mol. The minimum atomic E-state index is -0.284. The predicted octanol–water partition coefficient (Wildman–Crippen LogP) is 9.41. The molecule has 0 radical (unpaired) electrons. The van der Waals surface area contributed by atoms with Crippen LogP contribution in [-0.2, 0) is 27.5 Å². The lowest BCUT2D eigenvalue weighted by atomic mass is 9.89. The van der Waals surface area contributed by atoms with Gasteiger partial charge in [-0.25, -0.2) is 4.68 Å². The molecule has 3 aromatic rings. The molecule has 0 atom stereocenters. The first-order valence-corrected chi connectivity index (χ1v) is 17.8. The zero-order valence-electron chi connectivity index (χ0n) is 32.3. The van der Waals surface area contributed by atoms with E-state index in [1.165, 1.54) is 0 Å². The first-order valence-electron chi connectivity index (χ1n) is 17.8. The van der Waals surface area contributed by atoms with Gasteiger partial charge in [-0.1, -0.05) is 110 Å². The van der Waals surface area contributed by atoms with E-state index in [1.807, 2.05) is 87.5 Å². The van der Waals surface area contributed by atoms with Crippen molar-refractivity contribution < 1.29 is 14.4 Å². The molecule has 0 saturated heterocycles. The molecule has 0 fully saturated rings. The van der Waals surface area contributed by atoms with E-state index in [1.54, 1.807) is 0 Å². The summed E-state index contributed by atoms with van der Waals surface area (Å²) in [6, 6.07) is 16.2. The van der Waals surface area contributed by atoms with Gasteiger partial charge < -0.3 is 10.2 Å². The topological polar surface area (TPSA) is 97.2 Å². The molecule has 2 heterocycles. The molecule has 1 aliphatic heterocycles. The second kappa shape index (κ2) is 15.8. The van der Waals surface area contributed by atoms with E-state index >= 15 is 0 Å². The lowest BCUT2D eigenvalue weighted by molar-refractivity contribution is -0.130. The molecule has 8 heteroatoms. The van der Waals surface area contributed by atoms with Crippen molar-refractivity contribution in [3.05, 3.63) is 54.1 Å². The van der Waals surface area contributed by atoms with Crippen LogP contribution in [-0.4, -0.2) is 38.1 Å². The number of hydrogen-bond donors (Lipinski definition) is 1. The van der Waals surface area contributed by atoms with Crippen LogP contribution in [0.5, 0.6) is 0 Å². The molecule has 1 N–H and O–H groups in total. The number of benzene rings is 2. The van der Waals surface area contributed by atoms with Gasteiger partial charge in [-0.3, -0.25) is 14.4 Å². The van der Waals surface area contributed by atoms with E-state index in [2.05, 4.69) is 69.3 Å². The molecular formula is C41H61N5O3. The zero-order chi connectivity index (χ0) is 36.8. The Hall–Kier alpha value is -3.81. The molecule has 0 saturated carbocycles. The van der Waals surface area contributed by atoms with Gasteiger partial charge in [0.05, 0.1) is 17.9 Å². The van der Waals surface area contributed by atoms with Crippen LogP contribution in [0.4, 0.5) is 5.69 Å². The van der Waals surface area contributed by atoms with Crippen LogP contribution in [0.25, 0.3) is 22.5 Å². The maximum atomic E-state index is 13.6. The van der Waals surface area contributed by atoms with Crippen LogP contribution in [0.1, 0.15) is 127 Å². The van der Waals surface area contributed by atoms with Crippen molar-refractivity contribution in [2.45, 2.75) is 140 Å². The van der Waals surface area contributed by atoms with Crippen molar-refractivity contribution in [3.8, 4) is 22.5 Å². The fraction of sp³-hybridized carbons (Fsp3) is 0.585. The number of nitrogens with zero attached hydrogens (tertiary/aromatic N) is 4. The summed E-state index contributed by atoms with van der Waals surface area (Å²) < 4.78 is 1.94. The third-order valence-electron chi connectivity index (χ3n) is 8.13. The van der Waals surface area contributed by atoms with E-state index in [9.17, 15) is 14.4 Å². The summed E-state index contributed by atoms with van der Waals surface area (Å²) in [4.78, 5) is 39.4. The minimum absolute atomic E-state index is 0.00161. The molecule has 0 spiro atoms. The standard InChI is InChI=1S/C32H42N4O2.C9H19NO/c1-31(2,3)19-11-18-28(38)35-22-23-13-7-8-15-25(23)30-29(26-16-9-10-17-27(26)35)33-34-36(30)20-12-14-24(37)21-32(4,5)6;1-8(2,3)7(11)10-9(4,5)6/h7-10,13,15-17H,11-12,14,18-22H2,1-6H3;1-6H3,(H,10,11). The highest BCUT2D eigenvalue weighted by atomic mass is 16.2. The van der Waals surface area contributed by atoms with Gasteiger partial charge >= 0.3 is 0 Å². The lowest BCUT2D eigenvalue weighted by Crippen LogP contribution is -2.46. The number of amides is 2. The largest absolute Gasteiger partial charge is 0.351 e. The Morgan fingerprint density at radius 2 is 1.37 bits per heavy atom. The van der Waals surface area contributed by atoms with Gasteiger partial charge in [0.1, 0.15) is 11.5 Å². The highest BCUT2D eigenvalue weighted by Gasteiger charge is 2.29. The predicted molar refractivity (Wildman–Crippen MR) is 201 cm³/mol. The Bertz CT molecular complexity index is 1590. The Labute approximate surface area is 295 Å². The van der Waals surface area contributed by atoms with Gasteiger partial charge in [-0.2, -0.15) is 0 Å². The average Bonchev–Trinajstić information content (AvgIpc) is 3.35. The van der Waals surface area contributed by atoms with E-state index in [4.69, 9.17) is 0 Å². The number of Topliss-reactive ketones (excluding diaryl/α,β-unsaturated/α-hetero) is 1. The number of hydrogen-bond acceptors (Lipinski definition) is 5. The van der Waals surface area contributed by atoms with Gasteiger partial charge in [-0.05, 0) is 62.5 Å². The molecule has 2 aromatic carbocycles. The number of rotatable bonds is 8. The van der Waals surface area contributed by atoms with Crippen molar-refractivity contribution in [2.24, 2.45) is 16.2 Å². The number of ketones is 1. The number of aryl methyl sites for hydroxylation is 1. The van der Waals surface area contributed by atoms with Gasteiger partial charge in [0.2, 0.25) is 11.8 Å². The van der Waals surface area contributed by atoms with E-state index in [0.717, 1.165) is 46.6 Å². The average molecular weight is 672 g/mol. The molecular weight excluding hydrogens is 610 g/mol. The number of carbonyl (C=O) groups is 3. The summed E-state index contributed by atoms with van der Waals surface area (Å²) in [6.07, 6.45) is 4.20. The van der Waals surface area contributed by atoms with Crippen LogP contribution < -0.4 is 10.2 Å². The van der Waals surface area contributed by atoms with Gasteiger partial charge in [-0.15, -0.1) is 5.10 Å². The van der Waals surface area contributed by atoms with Gasteiger partial charge in [0.25, 0.3) is 0 Å². The maximum Gasteiger partial charge on any atom is 0.227 e. The van der Waals surface area contributed by atoms with Crippen LogP contribution in [0.3, 0.4) is 0 Å². The van der Waals surface area contributed by atoms with Gasteiger partial charge in [0.15, 0.2) is 0 Å². The molecule has 0 unspecified atom stereocenters. The number of nitrogens with one attached hydrogen (secondary N) is 1. The van der Waals surface area contributed by atoms with Crippen molar-refractivity contribution in [1.29, 1.82) is 0 Å². The highest BCUT2D eigenvalue weighted by molar-refractivity contribution is 6.00. The highest BCUT2D eigenvalue weighted by Crippen LogP contribution is 2.41. The smallest absolute Gasteiger partial charge is 0.227 e. The van der Waals surface area contributed by atoms with Crippen LogP contribution in [0.15, 0.2) is 48.5 Å². The van der Waals surface area contributed by atoms with E-state index < -0.39 is 0 Å². The Morgan fingerprint density at radius 3 is 1.94 bits per heavy atom. The number of fused-ring (bicyclic) bond motifs is 5. The summed E-state index contributed by atoms with van der Waals surface area (Å²) in [5.41, 5.74) is 5.42. The van der Waals surface area contributed by atoms with Crippen molar-refractivity contribution >= 4 is 23.3 Å². The van der Waals surface area contributed by atoms with Crippen LogP contribution >= 0.6 is 0 Å². The molecule has 8 nitrogen and oxygen atoms in total. The molecule has 1 aliphatic rings. The maximum absolute atomic E-state index is 13.6. The SMILES string of the molecule is CC(C)(C)CCCC(=O)N1Cc2ccccc2-c2c(nnn2CCCC(=O)CC(C)(C)C)-c2ccccc21.CC(C)(C)NC(=O)C(C)(C)C. The van der Waals surface area contributed by atoms with Crippen molar-refractivity contribution in [2.75, 3.05) is 4.90 Å². The van der Waals surface area contributed by atoms with E-state index in [-0.39, 0.29) is 39.4 Å². The number of anilines is 1. The first kappa shape index (κ1) is 39.6. The summed E-state index contributed by atoms with van der Waals surface area (Å²) in [5, 5.41) is 12.1. The lowest BCUT2D eigenvalue weighted by Gasteiger charge is -2.29. The second-order valence-electron chi connectivity index (χ2n) is 17.9. The fourth-order valence-corrected chi connectivity index (χ4v) is 5.73. The Balaban J connectivity index is 0.000000509. The summed E-state index contributed by atoms with van der Waals surface area (Å²) in [7, 11) is 0. The first-order chi connectivity index (χ1) is 22.6. The number of aromatic nitrogens is 3. The number of carbonyl (C=O) groups excluding carboxylic acids is 3. The third-order valence-corrected chi connectivity index (χ3v) is 8.13. The molecule has 268 valence electrons. The molecule has 0 bridgehead atoms. The molecule has 1 aromatic heterocycles. The fourth-order valence-electron chi connectivity index (χ4n) is 5.73. The number of para-hydroxylation sites is 1. The molecule has 49 heavy (non-hydrogen) atoms. The summed E-state index contributed by atoms with van der Waals surface area (Å²) in [5.74, 6) is 0.515. The quantitative estimate of drug-likeness (QED) is 0.257. The van der Waals surface area contributed by atoms with Crippen LogP contribution in [0, 0.1) is 16.2 Å². The van der Waals surface area contributed by atoms with Crippen LogP contribution in [0.2, 0.25) is 0 Å². The minimum Gasteiger partial charge on any atom is -0.351 e. The zero-order valence-corrected chi connectivity index (χ0v) is 32.3. The summed E-state index contributed by atoms with van der Waals surface area (Å²) >= 11 is 0. The third kappa shape index (κ3) is 12.2. The molecule has 0 aliphatic carbocycles. The second-order valence-corrected chi connectivity index (χ2v) is 17.9. The van der Waals surface area contributed by atoms with Gasteiger partial charge in [0, 0.05) is 47.9 Å².